The number of benzene rings is 2. The number of methoxy groups -OCH3 is 1. The van der Waals surface area contributed by atoms with Gasteiger partial charge in [0, 0.05) is 48.9 Å². The van der Waals surface area contributed by atoms with Crippen LogP contribution in [0.25, 0.3) is 10.9 Å². The monoisotopic (exact) mass is 441 g/mol. The predicted molar refractivity (Wildman–Crippen MR) is 110 cm³/mol. The molecule has 0 radical (unpaired) electrons. The van der Waals surface area contributed by atoms with Crippen LogP contribution in [-0.4, -0.2) is 38.1 Å². The molecule has 3 aromatic rings. The van der Waals surface area contributed by atoms with Crippen LogP contribution in [0.1, 0.15) is 5.56 Å². The van der Waals surface area contributed by atoms with Crippen molar-refractivity contribution in [3.8, 4) is 5.75 Å². The van der Waals surface area contributed by atoms with E-state index in [1.54, 1.807) is 31.3 Å². The van der Waals surface area contributed by atoms with Crippen LogP contribution >= 0.6 is 15.9 Å². The van der Waals surface area contributed by atoms with E-state index in [1.807, 2.05) is 24.3 Å². The third kappa shape index (κ3) is 2.22. The van der Waals surface area contributed by atoms with Crippen LogP contribution in [0.2, 0.25) is 0 Å². The van der Waals surface area contributed by atoms with Crippen molar-refractivity contribution < 1.29 is 13.9 Å². The summed E-state index contributed by atoms with van der Waals surface area (Å²) in [5.41, 5.74) is 2.65. The van der Waals surface area contributed by atoms with Crippen LogP contribution in [0.3, 0.4) is 0 Å². The number of nitrogens with zero attached hydrogens (tertiary/aromatic N) is 3. The van der Waals surface area contributed by atoms with E-state index >= 15 is 0 Å². The number of pyridine rings is 1. The Labute approximate surface area is 169 Å². The minimum absolute atomic E-state index is 0.0522. The number of halogens is 2. The highest BCUT2D eigenvalue weighted by Crippen LogP contribution is 2.50. The molecule has 5 nitrogen and oxygen atoms in total. The Kier molecular flexibility index (Phi) is 3.68. The summed E-state index contributed by atoms with van der Waals surface area (Å²) in [5.74, 6) is 0.470. The van der Waals surface area contributed by atoms with Crippen molar-refractivity contribution in [3.05, 3.63) is 58.4 Å². The Morgan fingerprint density at radius 1 is 1.25 bits per heavy atom. The van der Waals surface area contributed by atoms with Gasteiger partial charge in [-0.2, -0.15) is 0 Å². The van der Waals surface area contributed by atoms with Crippen molar-refractivity contribution in [2.75, 3.05) is 37.0 Å². The minimum atomic E-state index is -0.647. The number of fused-ring (bicyclic) bond motifs is 4. The molecule has 1 fully saturated rings. The molecule has 28 heavy (non-hydrogen) atoms. The largest absolute Gasteiger partial charge is 0.497 e. The van der Waals surface area contributed by atoms with Gasteiger partial charge in [-0.3, -0.25) is 9.78 Å². The summed E-state index contributed by atoms with van der Waals surface area (Å²) in [6.07, 6.45) is 1.67. The highest BCUT2D eigenvalue weighted by atomic mass is 79.9. The fourth-order valence-electron chi connectivity index (χ4n) is 4.36. The molecule has 0 saturated carbocycles. The zero-order valence-electron chi connectivity index (χ0n) is 15.4. The minimum Gasteiger partial charge on any atom is -0.497 e. The summed E-state index contributed by atoms with van der Waals surface area (Å²) in [5, 5.41) is 0.814. The number of carbonyl (C=O) groups excluding carboxylic acids is 1. The van der Waals surface area contributed by atoms with Gasteiger partial charge in [-0.1, -0.05) is 6.07 Å². The molecule has 2 aromatic carbocycles. The van der Waals surface area contributed by atoms with E-state index in [0.29, 0.717) is 23.1 Å². The van der Waals surface area contributed by atoms with E-state index < -0.39 is 5.41 Å². The maximum atomic E-state index is 14.0. The van der Waals surface area contributed by atoms with Crippen molar-refractivity contribution in [3.63, 3.8) is 0 Å². The Hall–Kier alpha value is -2.67. The van der Waals surface area contributed by atoms with E-state index in [4.69, 9.17) is 4.74 Å². The lowest BCUT2D eigenvalue weighted by Crippen LogP contribution is -2.64. The first-order chi connectivity index (χ1) is 13.4. The molecule has 0 aliphatic carbocycles. The highest BCUT2D eigenvalue weighted by Gasteiger charge is 2.58. The Morgan fingerprint density at radius 3 is 2.79 bits per heavy atom. The fraction of sp³-hybridized carbons (Fsp3) is 0.238. The number of amides is 1. The van der Waals surface area contributed by atoms with Crippen LogP contribution in [0, 0.1) is 5.82 Å². The lowest BCUT2D eigenvalue weighted by molar-refractivity contribution is -0.123. The maximum Gasteiger partial charge on any atom is 0.241 e. The first kappa shape index (κ1) is 17.4. The van der Waals surface area contributed by atoms with Crippen molar-refractivity contribution in [2.45, 2.75) is 5.41 Å². The normalized spacial score (nSPS) is 17.2. The molecule has 3 heterocycles. The number of carbonyl (C=O) groups is 1. The second kappa shape index (κ2) is 5.91. The second-order valence-corrected chi connectivity index (χ2v) is 8.16. The quantitative estimate of drug-likeness (QED) is 0.605. The van der Waals surface area contributed by atoms with Crippen molar-refractivity contribution in [1.29, 1.82) is 0 Å². The third-order valence-electron chi connectivity index (χ3n) is 5.78. The van der Waals surface area contributed by atoms with Crippen LogP contribution in [0.5, 0.6) is 5.75 Å². The van der Waals surface area contributed by atoms with E-state index in [2.05, 4.69) is 25.8 Å². The maximum absolute atomic E-state index is 14.0. The molecule has 1 spiro atoms. The summed E-state index contributed by atoms with van der Waals surface area (Å²) in [6.45, 7) is 1.12. The number of hydrogen-bond donors (Lipinski definition) is 0. The third-order valence-corrected chi connectivity index (χ3v) is 6.39. The van der Waals surface area contributed by atoms with Gasteiger partial charge in [0.25, 0.3) is 0 Å². The van der Waals surface area contributed by atoms with Gasteiger partial charge in [0.1, 0.15) is 17.0 Å². The molecule has 2 aliphatic rings. The zero-order valence-corrected chi connectivity index (χ0v) is 17.0. The zero-order chi connectivity index (χ0) is 19.6. The van der Waals surface area contributed by atoms with E-state index in [9.17, 15) is 9.18 Å². The van der Waals surface area contributed by atoms with Crippen LogP contribution < -0.4 is 14.5 Å². The average molecular weight is 442 g/mol. The van der Waals surface area contributed by atoms with Gasteiger partial charge in [0.05, 0.1) is 29.0 Å². The fourth-order valence-corrected chi connectivity index (χ4v) is 4.70. The van der Waals surface area contributed by atoms with Gasteiger partial charge < -0.3 is 14.5 Å². The summed E-state index contributed by atoms with van der Waals surface area (Å²) in [6, 6.07) is 11.0. The molecule has 0 unspecified atom stereocenters. The summed E-state index contributed by atoms with van der Waals surface area (Å²) >= 11 is 3.27. The number of ether oxygens (including phenoxy) is 1. The number of likely N-dealkylation sites (N-methyl/N-ethyl adjacent to an activating group) is 1. The van der Waals surface area contributed by atoms with Gasteiger partial charge in [-0.25, -0.2) is 4.39 Å². The molecular weight excluding hydrogens is 425 g/mol. The molecule has 0 atom stereocenters. The number of anilines is 2. The number of aromatic nitrogens is 1. The van der Waals surface area contributed by atoms with E-state index in [-0.39, 0.29) is 11.7 Å². The second-order valence-electron chi connectivity index (χ2n) is 7.31. The SMILES string of the molecule is COc1cccc(N2CC3(C2)C(=O)N(C)c2cnc4cc(F)c(Br)cc4c23)c1. The highest BCUT2D eigenvalue weighted by molar-refractivity contribution is 9.10. The molecule has 5 rings (SSSR count). The molecule has 2 aliphatic heterocycles. The van der Waals surface area contributed by atoms with Crippen molar-refractivity contribution in [2.24, 2.45) is 0 Å². The smallest absolute Gasteiger partial charge is 0.241 e. The first-order valence-electron chi connectivity index (χ1n) is 8.90. The summed E-state index contributed by atoms with van der Waals surface area (Å²) in [7, 11) is 3.41. The Balaban J connectivity index is 1.62. The lowest BCUT2D eigenvalue weighted by Gasteiger charge is -2.48. The van der Waals surface area contributed by atoms with E-state index in [0.717, 1.165) is 28.1 Å². The Bertz CT molecular complexity index is 1140. The molecule has 1 aromatic heterocycles. The van der Waals surface area contributed by atoms with Crippen LogP contribution in [0.4, 0.5) is 15.8 Å². The summed E-state index contributed by atoms with van der Waals surface area (Å²) < 4.78 is 19.7. The predicted octanol–water partition coefficient (Wildman–Crippen LogP) is 3.88. The van der Waals surface area contributed by atoms with Crippen molar-refractivity contribution >= 4 is 44.1 Å². The molecule has 1 saturated heterocycles. The van der Waals surface area contributed by atoms with Crippen LogP contribution in [0.15, 0.2) is 47.1 Å². The molecule has 0 bridgehead atoms. The van der Waals surface area contributed by atoms with Gasteiger partial charge >= 0.3 is 0 Å². The average Bonchev–Trinajstić information content (AvgIpc) is 2.90. The lowest BCUT2D eigenvalue weighted by atomic mass is 9.73. The summed E-state index contributed by atoms with van der Waals surface area (Å²) in [4.78, 5) is 21.4. The van der Waals surface area contributed by atoms with Gasteiger partial charge in [-0.05, 0) is 34.1 Å². The standard InChI is InChI=1S/C21H17BrFN3O2/c1-25-18-9-24-17-8-16(23)15(22)7-14(17)19(18)21(20(25)27)10-26(11-21)12-4-3-5-13(6-12)28-2/h3-9H,10-11H2,1-2H3. The van der Waals surface area contributed by atoms with E-state index in [1.165, 1.54) is 6.07 Å². The molecular formula is C21H17BrFN3O2. The van der Waals surface area contributed by atoms with Gasteiger partial charge in [0.15, 0.2) is 0 Å². The molecule has 1 amide bonds. The van der Waals surface area contributed by atoms with Gasteiger partial charge in [-0.15, -0.1) is 0 Å². The first-order valence-corrected chi connectivity index (χ1v) is 9.69. The van der Waals surface area contributed by atoms with Gasteiger partial charge in [0.2, 0.25) is 5.91 Å². The topological polar surface area (TPSA) is 45.7 Å². The Morgan fingerprint density at radius 2 is 2.04 bits per heavy atom. The molecule has 142 valence electrons. The molecule has 0 N–H and O–H groups in total. The number of rotatable bonds is 2. The van der Waals surface area contributed by atoms with Crippen molar-refractivity contribution in [1.82, 2.24) is 4.98 Å². The number of hydrogen-bond acceptors (Lipinski definition) is 4. The van der Waals surface area contributed by atoms with Crippen LogP contribution in [-0.2, 0) is 10.2 Å². The molecule has 7 heteroatoms.